The molecule has 0 aliphatic carbocycles. The molecule has 1 saturated heterocycles. The summed E-state index contributed by atoms with van der Waals surface area (Å²) in [7, 11) is 0. The first-order valence-corrected chi connectivity index (χ1v) is 10.9. The number of hydrogen-bond donors (Lipinski definition) is 1. The van der Waals surface area contributed by atoms with E-state index in [4.69, 9.17) is 4.74 Å². The van der Waals surface area contributed by atoms with Crippen molar-refractivity contribution >= 4 is 34.5 Å². The number of ketones is 1. The van der Waals surface area contributed by atoms with E-state index < -0.39 is 17.7 Å². The predicted octanol–water partition coefficient (Wildman–Crippen LogP) is 5.39. The summed E-state index contributed by atoms with van der Waals surface area (Å²) in [6, 6.07) is 15.6. The third kappa shape index (κ3) is 3.75. The molecule has 5 nitrogen and oxygen atoms in total. The van der Waals surface area contributed by atoms with Crippen molar-refractivity contribution in [1.82, 2.24) is 0 Å². The second-order valence-electron chi connectivity index (χ2n) is 7.41. The third-order valence-corrected chi connectivity index (χ3v) is 6.37. The fourth-order valence-corrected chi connectivity index (χ4v) is 4.57. The van der Waals surface area contributed by atoms with Gasteiger partial charge in [0, 0.05) is 16.1 Å². The second kappa shape index (κ2) is 8.40. The van der Waals surface area contributed by atoms with E-state index in [0.717, 1.165) is 16.0 Å². The number of Topliss-reactive ketones (excluding diaryl/α,β-unsaturated/α-hetero) is 1. The molecule has 4 rings (SSSR count). The number of carbonyl (C=O) groups excluding carboxylic acids is 2. The molecule has 0 spiro atoms. The minimum absolute atomic E-state index is 0.0827. The molecule has 2 heterocycles. The first-order valence-electron chi connectivity index (χ1n) is 10.1. The number of aliphatic hydroxyl groups is 1. The summed E-state index contributed by atoms with van der Waals surface area (Å²) < 4.78 is 5.53. The Morgan fingerprint density at radius 2 is 1.87 bits per heavy atom. The molecular formula is C25H23NO4S. The summed E-state index contributed by atoms with van der Waals surface area (Å²) in [4.78, 5) is 28.6. The van der Waals surface area contributed by atoms with Crippen molar-refractivity contribution in [3.8, 4) is 5.75 Å². The van der Waals surface area contributed by atoms with E-state index in [0.29, 0.717) is 23.6 Å². The van der Waals surface area contributed by atoms with Gasteiger partial charge in [-0.05, 0) is 67.6 Å². The highest BCUT2D eigenvalue weighted by molar-refractivity contribution is 7.10. The highest BCUT2D eigenvalue weighted by atomic mass is 32.1. The third-order valence-electron chi connectivity index (χ3n) is 5.44. The maximum Gasteiger partial charge on any atom is 0.300 e. The lowest BCUT2D eigenvalue weighted by molar-refractivity contribution is -0.132. The van der Waals surface area contributed by atoms with Gasteiger partial charge in [0.2, 0.25) is 0 Å². The molecule has 2 aromatic carbocycles. The molecule has 31 heavy (non-hydrogen) atoms. The highest BCUT2D eigenvalue weighted by Crippen LogP contribution is 2.44. The molecule has 3 aromatic rings. The molecule has 0 saturated carbocycles. The molecular weight excluding hydrogens is 410 g/mol. The van der Waals surface area contributed by atoms with Gasteiger partial charge in [-0.2, -0.15) is 0 Å². The zero-order valence-corrected chi connectivity index (χ0v) is 18.4. The van der Waals surface area contributed by atoms with Gasteiger partial charge in [0.25, 0.3) is 11.7 Å². The Bertz CT molecular complexity index is 1180. The van der Waals surface area contributed by atoms with Crippen LogP contribution in [0.3, 0.4) is 0 Å². The van der Waals surface area contributed by atoms with Crippen LogP contribution < -0.4 is 9.64 Å². The van der Waals surface area contributed by atoms with E-state index in [2.05, 4.69) is 0 Å². The number of rotatable bonds is 5. The summed E-state index contributed by atoms with van der Waals surface area (Å²) in [5, 5.41) is 13.1. The average molecular weight is 434 g/mol. The van der Waals surface area contributed by atoms with Crippen LogP contribution in [0.25, 0.3) is 5.76 Å². The van der Waals surface area contributed by atoms with Crippen molar-refractivity contribution in [2.75, 3.05) is 11.5 Å². The van der Waals surface area contributed by atoms with E-state index in [9.17, 15) is 14.7 Å². The van der Waals surface area contributed by atoms with Gasteiger partial charge in [-0.25, -0.2) is 0 Å². The van der Waals surface area contributed by atoms with Gasteiger partial charge in [0.15, 0.2) is 0 Å². The smallest absolute Gasteiger partial charge is 0.300 e. The van der Waals surface area contributed by atoms with Crippen molar-refractivity contribution in [1.29, 1.82) is 0 Å². The maximum atomic E-state index is 13.1. The Morgan fingerprint density at radius 3 is 2.55 bits per heavy atom. The lowest BCUT2D eigenvalue weighted by atomic mass is 9.99. The zero-order valence-electron chi connectivity index (χ0n) is 17.6. The van der Waals surface area contributed by atoms with Crippen molar-refractivity contribution in [3.63, 3.8) is 0 Å². The van der Waals surface area contributed by atoms with Gasteiger partial charge in [-0.1, -0.05) is 24.3 Å². The number of aliphatic hydroxyl groups excluding tert-OH is 1. The molecule has 0 bridgehead atoms. The topological polar surface area (TPSA) is 66.8 Å². The van der Waals surface area contributed by atoms with Crippen molar-refractivity contribution in [3.05, 3.63) is 87.1 Å². The number of ether oxygens (including phenoxy) is 1. The summed E-state index contributed by atoms with van der Waals surface area (Å²) in [6.07, 6.45) is 0. The number of anilines is 1. The fourth-order valence-electron chi connectivity index (χ4n) is 3.75. The number of carbonyl (C=O) groups is 2. The molecule has 1 N–H and O–H groups in total. The van der Waals surface area contributed by atoms with E-state index in [1.54, 1.807) is 24.3 Å². The van der Waals surface area contributed by atoms with Crippen molar-refractivity contribution in [2.24, 2.45) is 0 Å². The van der Waals surface area contributed by atoms with E-state index >= 15 is 0 Å². The van der Waals surface area contributed by atoms with Gasteiger partial charge < -0.3 is 9.84 Å². The largest absolute Gasteiger partial charge is 0.507 e. The van der Waals surface area contributed by atoms with Crippen molar-refractivity contribution < 1.29 is 19.4 Å². The van der Waals surface area contributed by atoms with Crippen LogP contribution in [0.5, 0.6) is 5.75 Å². The predicted molar refractivity (Wildman–Crippen MR) is 123 cm³/mol. The van der Waals surface area contributed by atoms with Crippen LogP contribution in [0.15, 0.2) is 65.6 Å². The van der Waals surface area contributed by atoms with E-state index in [1.807, 2.05) is 56.5 Å². The molecule has 1 unspecified atom stereocenters. The number of hydrogen-bond acceptors (Lipinski definition) is 5. The van der Waals surface area contributed by atoms with Crippen LogP contribution in [-0.2, 0) is 9.59 Å². The van der Waals surface area contributed by atoms with Crippen LogP contribution in [-0.4, -0.2) is 23.4 Å². The normalized spacial score (nSPS) is 17.9. The fraction of sp³-hybridized carbons (Fsp3) is 0.200. The van der Waals surface area contributed by atoms with Crippen LogP contribution in [0.1, 0.15) is 34.5 Å². The molecule has 1 atom stereocenters. The first kappa shape index (κ1) is 20.9. The number of nitrogens with zero attached hydrogens (tertiary/aromatic N) is 1. The quantitative estimate of drug-likeness (QED) is 0.333. The average Bonchev–Trinajstić information content (AvgIpc) is 3.37. The number of thiophene rings is 1. The minimum Gasteiger partial charge on any atom is -0.507 e. The van der Waals surface area contributed by atoms with Gasteiger partial charge in [-0.15, -0.1) is 11.3 Å². The number of amides is 1. The lowest BCUT2D eigenvalue weighted by Gasteiger charge is -2.24. The van der Waals surface area contributed by atoms with Gasteiger partial charge >= 0.3 is 0 Å². The molecule has 1 aromatic heterocycles. The highest BCUT2D eigenvalue weighted by Gasteiger charge is 2.47. The van der Waals surface area contributed by atoms with Crippen LogP contribution in [0, 0.1) is 13.8 Å². The van der Waals surface area contributed by atoms with Gasteiger partial charge in [0.1, 0.15) is 17.6 Å². The Morgan fingerprint density at radius 1 is 1.06 bits per heavy atom. The first-order chi connectivity index (χ1) is 14.9. The van der Waals surface area contributed by atoms with Crippen LogP contribution in [0.2, 0.25) is 0 Å². The van der Waals surface area contributed by atoms with Crippen LogP contribution >= 0.6 is 11.3 Å². The number of aryl methyl sites for hydroxylation is 2. The second-order valence-corrected chi connectivity index (χ2v) is 8.39. The Hall–Kier alpha value is -3.38. The van der Waals surface area contributed by atoms with Crippen molar-refractivity contribution in [2.45, 2.75) is 26.8 Å². The molecule has 158 valence electrons. The van der Waals surface area contributed by atoms with E-state index in [-0.39, 0.29) is 11.3 Å². The summed E-state index contributed by atoms with van der Waals surface area (Å²) >= 11 is 1.44. The molecule has 1 aliphatic rings. The summed E-state index contributed by atoms with van der Waals surface area (Å²) in [5.41, 5.74) is 3.27. The lowest BCUT2D eigenvalue weighted by Crippen LogP contribution is -2.29. The number of benzene rings is 2. The van der Waals surface area contributed by atoms with Crippen LogP contribution in [0.4, 0.5) is 5.69 Å². The molecule has 6 heteroatoms. The summed E-state index contributed by atoms with van der Waals surface area (Å²) in [5.74, 6) is -0.965. The Labute approximate surface area is 185 Å². The van der Waals surface area contributed by atoms with Gasteiger partial charge in [0.05, 0.1) is 12.2 Å². The van der Waals surface area contributed by atoms with Gasteiger partial charge in [-0.3, -0.25) is 14.5 Å². The SMILES string of the molecule is CCOc1cccc(/C(O)=C2/C(=O)C(=O)N(c3ccc(C)c(C)c3)C2c2cccs2)c1. The monoisotopic (exact) mass is 433 g/mol. The Balaban J connectivity index is 1.90. The minimum atomic E-state index is -0.698. The Kier molecular flexibility index (Phi) is 5.65. The standard InChI is InChI=1S/C25H23NO4S/c1-4-30-19-8-5-7-17(14-19)23(27)21-22(20-9-6-12-31-20)26(25(29)24(21)28)18-11-10-15(2)16(3)13-18/h5-14,22,27H,4H2,1-3H3/b23-21-. The zero-order chi connectivity index (χ0) is 22.1. The molecule has 1 aliphatic heterocycles. The summed E-state index contributed by atoms with van der Waals surface area (Å²) in [6.45, 7) is 6.32. The molecule has 1 fully saturated rings. The maximum absolute atomic E-state index is 13.1. The molecule has 1 amide bonds. The van der Waals surface area contributed by atoms with E-state index in [1.165, 1.54) is 16.2 Å². The molecule has 0 radical (unpaired) electrons.